The molecule has 1 aromatic rings. The van der Waals surface area contributed by atoms with Crippen LogP contribution in [-0.4, -0.2) is 25.1 Å². The van der Waals surface area contributed by atoms with Gasteiger partial charge in [0.25, 0.3) is 0 Å². The van der Waals surface area contributed by atoms with Crippen molar-refractivity contribution in [3.05, 3.63) is 29.8 Å². The first-order valence-corrected chi connectivity index (χ1v) is 7.81. The van der Waals surface area contributed by atoms with Crippen LogP contribution in [0.2, 0.25) is 0 Å². The minimum atomic E-state index is -0.373. The first kappa shape index (κ1) is 15.8. The summed E-state index contributed by atoms with van der Waals surface area (Å²) in [6, 6.07) is 7.83. The van der Waals surface area contributed by atoms with Crippen LogP contribution >= 0.6 is 0 Å². The lowest BCUT2D eigenvalue weighted by Crippen LogP contribution is -2.53. The summed E-state index contributed by atoms with van der Waals surface area (Å²) < 4.78 is 5.24. The SMILES string of the molecule is CCCC1(C(=O)N[C@@H](C)c2cccc(OC)c2)CCCN1. The summed E-state index contributed by atoms with van der Waals surface area (Å²) >= 11 is 0. The van der Waals surface area contributed by atoms with Crippen molar-refractivity contribution in [2.75, 3.05) is 13.7 Å². The number of benzene rings is 1. The van der Waals surface area contributed by atoms with E-state index in [9.17, 15) is 4.79 Å². The molecule has 1 aromatic carbocycles. The smallest absolute Gasteiger partial charge is 0.240 e. The van der Waals surface area contributed by atoms with E-state index in [0.29, 0.717) is 0 Å². The number of nitrogens with one attached hydrogen (secondary N) is 2. The highest BCUT2D eigenvalue weighted by Gasteiger charge is 2.40. The number of rotatable bonds is 6. The van der Waals surface area contributed by atoms with Gasteiger partial charge in [-0.3, -0.25) is 4.79 Å². The predicted molar refractivity (Wildman–Crippen MR) is 84.4 cm³/mol. The Balaban J connectivity index is 2.06. The molecule has 2 rings (SSSR count). The number of carbonyl (C=O) groups is 1. The maximum atomic E-state index is 12.7. The van der Waals surface area contributed by atoms with Gasteiger partial charge in [0.15, 0.2) is 0 Å². The van der Waals surface area contributed by atoms with Gasteiger partial charge in [0, 0.05) is 0 Å². The highest BCUT2D eigenvalue weighted by atomic mass is 16.5. The number of carbonyl (C=O) groups excluding carboxylic acids is 1. The highest BCUT2D eigenvalue weighted by molar-refractivity contribution is 5.87. The molecule has 0 aromatic heterocycles. The van der Waals surface area contributed by atoms with Gasteiger partial charge in [-0.05, 0) is 50.4 Å². The number of amides is 1. The second-order valence-corrected chi connectivity index (χ2v) is 5.83. The molecule has 0 bridgehead atoms. The molecule has 1 amide bonds. The average molecular weight is 290 g/mol. The summed E-state index contributed by atoms with van der Waals surface area (Å²) in [7, 11) is 1.65. The van der Waals surface area contributed by atoms with Crippen molar-refractivity contribution in [2.45, 2.75) is 51.1 Å². The molecule has 2 atom stereocenters. The van der Waals surface area contributed by atoms with E-state index in [0.717, 1.165) is 43.5 Å². The minimum absolute atomic E-state index is 0.0243. The zero-order chi connectivity index (χ0) is 15.3. The Labute approximate surface area is 127 Å². The maximum absolute atomic E-state index is 12.7. The van der Waals surface area contributed by atoms with Crippen LogP contribution in [0.4, 0.5) is 0 Å². The molecular formula is C17H26N2O2. The zero-order valence-electron chi connectivity index (χ0n) is 13.2. The third-order valence-electron chi connectivity index (χ3n) is 4.30. The van der Waals surface area contributed by atoms with E-state index in [2.05, 4.69) is 17.6 Å². The number of ether oxygens (including phenoxy) is 1. The summed E-state index contributed by atoms with van der Waals surface area (Å²) in [5.41, 5.74) is 0.689. The summed E-state index contributed by atoms with van der Waals surface area (Å²) in [5, 5.41) is 6.57. The van der Waals surface area contributed by atoms with E-state index in [1.807, 2.05) is 31.2 Å². The van der Waals surface area contributed by atoms with Crippen LogP contribution in [0, 0.1) is 0 Å². The van der Waals surface area contributed by atoms with E-state index in [-0.39, 0.29) is 17.5 Å². The highest BCUT2D eigenvalue weighted by Crippen LogP contribution is 2.26. The van der Waals surface area contributed by atoms with Crippen molar-refractivity contribution < 1.29 is 9.53 Å². The number of hydrogen-bond acceptors (Lipinski definition) is 3. The van der Waals surface area contributed by atoms with Crippen LogP contribution in [0.5, 0.6) is 5.75 Å². The molecule has 1 saturated heterocycles. The molecule has 0 saturated carbocycles. The van der Waals surface area contributed by atoms with Gasteiger partial charge in [-0.25, -0.2) is 0 Å². The van der Waals surface area contributed by atoms with Crippen LogP contribution in [0.15, 0.2) is 24.3 Å². The molecule has 0 aliphatic carbocycles. The largest absolute Gasteiger partial charge is 0.497 e. The van der Waals surface area contributed by atoms with Gasteiger partial charge in [0.2, 0.25) is 5.91 Å². The third-order valence-corrected chi connectivity index (χ3v) is 4.30. The Morgan fingerprint density at radius 2 is 2.33 bits per heavy atom. The summed E-state index contributed by atoms with van der Waals surface area (Å²) in [6.45, 7) is 5.07. The van der Waals surface area contributed by atoms with E-state index in [4.69, 9.17) is 4.74 Å². The van der Waals surface area contributed by atoms with Crippen LogP contribution < -0.4 is 15.4 Å². The van der Waals surface area contributed by atoms with Crippen LogP contribution in [0.1, 0.15) is 51.1 Å². The molecule has 1 fully saturated rings. The number of hydrogen-bond donors (Lipinski definition) is 2. The molecule has 1 heterocycles. The second kappa shape index (κ2) is 6.94. The molecule has 4 heteroatoms. The average Bonchev–Trinajstić information content (AvgIpc) is 2.97. The van der Waals surface area contributed by atoms with Crippen molar-refractivity contribution in [2.24, 2.45) is 0 Å². The summed E-state index contributed by atoms with van der Waals surface area (Å²) in [4.78, 5) is 12.7. The molecule has 0 radical (unpaired) electrons. The lowest BCUT2D eigenvalue weighted by molar-refractivity contribution is -0.128. The molecule has 0 spiro atoms. The Bertz CT molecular complexity index is 481. The lowest BCUT2D eigenvalue weighted by Gasteiger charge is -2.29. The van der Waals surface area contributed by atoms with Gasteiger partial charge in [0.05, 0.1) is 18.7 Å². The van der Waals surface area contributed by atoms with E-state index >= 15 is 0 Å². The lowest BCUT2D eigenvalue weighted by atomic mass is 9.90. The van der Waals surface area contributed by atoms with Crippen LogP contribution in [-0.2, 0) is 4.79 Å². The van der Waals surface area contributed by atoms with Crippen molar-refractivity contribution in [3.8, 4) is 5.75 Å². The molecule has 1 aliphatic heterocycles. The van der Waals surface area contributed by atoms with Crippen LogP contribution in [0.25, 0.3) is 0 Å². The van der Waals surface area contributed by atoms with E-state index in [1.54, 1.807) is 7.11 Å². The Hall–Kier alpha value is -1.55. The minimum Gasteiger partial charge on any atom is -0.497 e. The molecule has 2 N–H and O–H groups in total. The van der Waals surface area contributed by atoms with E-state index < -0.39 is 0 Å². The first-order valence-electron chi connectivity index (χ1n) is 7.81. The monoisotopic (exact) mass is 290 g/mol. The predicted octanol–water partition coefficient (Wildman–Crippen LogP) is 2.79. The van der Waals surface area contributed by atoms with Crippen molar-refractivity contribution in [1.82, 2.24) is 10.6 Å². The quantitative estimate of drug-likeness (QED) is 0.847. The Kier molecular flexibility index (Phi) is 5.23. The summed E-state index contributed by atoms with van der Waals surface area (Å²) in [5.74, 6) is 0.938. The first-order chi connectivity index (χ1) is 10.1. The fourth-order valence-electron chi connectivity index (χ4n) is 3.08. The zero-order valence-corrected chi connectivity index (χ0v) is 13.2. The van der Waals surface area contributed by atoms with Gasteiger partial charge in [0.1, 0.15) is 5.75 Å². The maximum Gasteiger partial charge on any atom is 0.240 e. The molecule has 116 valence electrons. The Morgan fingerprint density at radius 1 is 1.52 bits per heavy atom. The van der Waals surface area contributed by atoms with Crippen molar-refractivity contribution >= 4 is 5.91 Å². The molecule has 21 heavy (non-hydrogen) atoms. The van der Waals surface area contributed by atoms with Gasteiger partial charge in [-0.1, -0.05) is 25.5 Å². The third kappa shape index (κ3) is 3.56. The molecular weight excluding hydrogens is 264 g/mol. The van der Waals surface area contributed by atoms with Gasteiger partial charge < -0.3 is 15.4 Å². The molecule has 1 unspecified atom stereocenters. The van der Waals surface area contributed by atoms with Gasteiger partial charge >= 0.3 is 0 Å². The Morgan fingerprint density at radius 3 is 2.95 bits per heavy atom. The normalized spacial score (nSPS) is 22.8. The van der Waals surface area contributed by atoms with Crippen LogP contribution in [0.3, 0.4) is 0 Å². The second-order valence-electron chi connectivity index (χ2n) is 5.83. The molecule has 1 aliphatic rings. The van der Waals surface area contributed by atoms with E-state index in [1.165, 1.54) is 0 Å². The van der Waals surface area contributed by atoms with Crippen molar-refractivity contribution in [3.63, 3.8) is 0 Å². The molecule has 4 nitrogen and oxygen atoms in total. The number of methoxy groups -OCH3 is 1. The van der Waals surface area contributed by atoms with Gasteiger partial charge in [-0.15, -0.1) is 0 Å². The standard InChI is InChI=1S/C17H26N2O2/c1-4-9-17(10-6-11-18-17)16(20)19-13(2)14-7-5-8-15(12-14)21-3/h5,7-8,12-13,18H,4,6,9-11H2,1-3H3,(H,19,20)/t13-,17?/m0/s1. The fourth-order valence-corrected chi connectivity index (χ4v) is 3.08. The van der Waals surface area contributed by atoms with Crippen molar-refractivity contribution in [1.29, 1.82) is 0 Å². The van der Waals surface area contributed by atoms with Gasteiger partial charge in [-0.2, -0.15) is 0 Å². The topological polar surface area (TPSA) is 50.4 Å². The fraction of sp³-hybridized carbons (Fsp3) is 0.588. The summed E-state index contributed by atoms with van der Waals surface area (Å²) in [6.07, 6.45) is 3.90.